The number of hydrogen-bond donors (Lipinski definition) is 2. The Kier molecular flexibility index (Phi) is 11.6. The third-order valence-electron chi connectivity index (χ3n) is 4.44. The number of halogens is 1. The van der Waals surface area contributed by atoms with E-state index in [0.717, 1.165) is 13.0 Å². The first kappa shape index (κ1) is 26.1. The molecule has 0 saturated carbocycles. The number of hydrogen-bond acceptors (Lipinski definition) is 4. The van der Waals surface area contributed by atoms with Crippen molar-refractivity contribution in [1.29, 1.82) is 0 Å². The fourth-order valence-electron chi connectivity index (χ4n) is 3.05. The number of nitrogens with zero attached hydrogens (tertiary/aromatic N) is 2. The molecule has 156 valence electrons. The van der Waals surface area contributed by atoms with Gasteiger partial charge in [0.15, 0.2) is 0 Å². The predicted octanol–water partition coefficient (Wildman–Crippen LogP) is 1.16. The Balaban J connectivity index is 0.000000348. The number of para-hydroxylation sites is 1. The molecule has 1 amide bonds. The standard InChI is InChI=1S/C14H14ClN3O.C8H12NO.Li/c1-9(2)18-10(3)16-8-13(18)14(19)17-12-7-5-4-6-11(12)15;10-7-2-1-4-8-5-3-6-9-8;/h4-9H,1,3H2,2H3,(H,17,19);1-2,8-9H,3-6H2;/q-2;-1;+1/b;2-1+;/t9-;;/m1../s1. The van der Waals surface area contributed by atoms with Crippen molar-refractivity contribution in [3.05, 3.63) is 73.0 Å². The Morgan fingerprint density at radius 3 is 2.83 bits per heavy atom. The van der Waals surface area contributed by atoms with Crippen LogP contribution in [0, 0.1) is 13.8 Å². The van der Waals surface area contributed by atoms with Gasteiger partial charge in [-0.05, 0) is 49.7 Å². The molecule has 1 saturated heterocycles. The summed E-state index contributed by atoms with van der Waals surface area (Å²) in [6.07, 6.45) is 10.0. The van der Waals surface area contributed by atoms with Crippen LogP contribution in [-0.4, -0.2) is 34.3 Å². The first-order valence-electron chi connectivity index (χ1n) is 9.48. The predicted molar refractivity (Wildman–Crippen MR) is 117 cm³/mol. The number of rotatable bonds is 6. The van der Waals surface area contributed by atoms with Gasteiger partial charge < -0.3 is 33.8 Å². The number of anilines is 1. The van der Waals surface area contributed by atoms with Gasteiger partial charge >= 0.3 is 18.9 Å². The average molecular weight is 421 g/mol. The number of imidazole rings is 1. The molecular formula is C22H26ClLiN4O2-2. The number of carbonyl (C=O) groups excluding carboxylic acids is 2. The maximum atomic E-state index is 12.2. The molecule has 3 rings (SSSR count). The smallest absolute Gasteiger partial charge is 0.419 e. The van der Waals surface area contributed by atoms with Crippen molar-refractivity contribution in [3.63, 3.8) is 0 Å². The van der Waals surface area contributed by atoms with Crippen LogP contribution >= 0.6 is 11.6 Å². The largest absolute Gasteiger partial charge is 1.00 e. The summed E-state index contributed by atoms with van der Waals surface area (Å²) in [5, 5.41) is 6.57. The van der Waals surface area contributed by atoms with Crippen molar-refractivity contribution in [2.24, 2.45) is 0 Å². The number of benzene rings is 1. The van der Waals surface area contributed by atoms with Gasteiger partial charge in [-0.1, -0.05) is 43.1 Å². The van der Waals surface area contributed by atoms with E-state index in [1.165, 1.54) is 25.1 Å². The van der Waals surface area contributed by atoms with Crippen molar-refractivity contribution in [2.75, 3.05) is 11.9 Å². The van der Waals surface area contributed by atoms with E-state index in [1.54, 1.807) is 35.1 Å². The maximum Gasteiger partial charge on any atom is 1.00 e. The van der Waals surface area contributed by atoms with Crippen molar-refractivity contribution in [1.82, 2.24) is 14.9 Å². The van der Waals surface area contributed by atoms with Gasteiger partial charge in [-0.15, -0.1) is 0 Å². The zero-order valence-corrected chi connectivity index (χ0v) is 18.3. The van der Waals surface area contributed by atoms with Gasteiger partial charge in [0.2, 0.25) is 0 Å². The van der Waals surface area contributed by atoms with Gasteiger partial charge in [-0.3, -0.25) is 9.78 Å². The summed E-state index contributed by atoms with van der Waals surface area (Å²) >= 11 is 6.00. The minimum Gasteiger partial charge on any atom is -0.419 e. The van der Waals surface area contributed by atoms with Crippen LogP contribution in [0.4, 0.5) is 5.69 Å². The summed E-state index contributed by atoms with van der Waals surface area (Å²) < 4.78 is 1.67. The van der Waals surface area contributed by atoms with E-state index in [1.807, 2.05) is 13.0 Å². The van der Waals surface area contributed by atoms with Gasteiger partial charge in [-0.2, -0.15) is 6.08 Å². The molecule has 1 aliphatic rings. The average Bonchev–Trinajstić information content (AvgIpc) is 3.34. The Bertz CT molecular complexity index is 845. The summed E-state index contributed by atoms with van der Waals surface area (Å²) in [5.41, 5.74) is 0.969. The molecule has 6 nitrogen and oxygen atoms in total. The molecular weight excluding hydrogens is 395 g/mol. The fraction of sp³-hybridized carbons (Fsp3) is 0.318. The number of aromatic nitrogens is 2. The molecule has 0 aliphatic carbocycles. The summed E-state index contributed by atoms with van der Waals surface area (Å²) in [5.74, 6) is 0.220. The van der Waals surface area contributed by atoms with Crippen molar-refractivity contribution >= 4 is 29.5 Å². The molecule has 8 heteroatoms. The first-order valence-corrected chi connectivity index (χ1v) is 9.86. The zero-order valence-electron chi connectivity index (χ0n) is 17.5. The molecule has 1 aromatic carbocycles. The van der Waals surface area contributed by atoms with Gasteiger partial charge in [-0.25, -0.2) is 6.08 Å². The van der Waals surface area contributed by atoms with E-state index in [9.17, 15) is 9.59 Å². The molecule has 1 unspecified atom stereocenters. The number of allylic oxidation sites excluding steroid dienone is 1. The summed E-state index contributed by atoms with van der Waals surface area (Å²) in [4.78, 5) is 26.0. The normalized spacial score (nSPS) is 16.3. The van der Waals surface area contributed by atoms with Crippen LogP contribution in [0.25, 0.3) is 0 Å². The van der Waals surface area contributed by atoms with Gasteiger partial charge in [0.05, 0.1) is 16.9 Å². The number of carbonyl (C=O) groups is 1. The number of amides is 1. The minimum atomic E-state index is -0.286. The van der Waals surface area contributed by atoms with Crippen molar-refractivity contribution < 1.29 is 28.4 Å². The monoisotopic (exact) mass is 420 g/mol. The Morgan fingerprint density at radius 2 is 2.23 bits per heavy atom. The molecule has 2 N–H and O–H groups in total. The van der Waals surface area contributed by atoms with E-state index >= 15 is 0 Å². The molecule has 1 fully saturated rings. The Morgan fingerprint density at radius 1 is 1.50 bits per heavy atom. The second-order valence-corrected chi connectivity index (χ2v) is 7.17. The number of nitrogens with one attached hydrogen (secondary N) is 2. The van der Waals surface area contributed by atoms with Gasteiger partial charge in [0, 0.05) is 0 Å². The second-order valence-electron chi connectivity index (χ2n) is 6.76. The summed E-state index contributed by atoms with van der Waals surface area (Å²) in [7, 11) is 0. The zero-order chi connectivity index (χ0) is 21.2. The van der Waals surface area contributed by atoms with Crippen LogP contribution in [0.5, 0.6) is 0 Å². The fourth-order valence-corrected chi connectivity index (χ4v) is 3.23. The van der Waals surface area contributed by atoms with Crippen LogP contribution < -0.4 is 29.5 Å². The first-order chi connectivity index (χ1) is 13.9. The molecule has 2 heterocycles. The minimum absolute atomic E-state index is 0. The molecule has 2 aromatic rings. The Hall–Kier alpha value is -1.97. The van der Waals surface area contributed by atoms with Gasteiger partial charge in [0.25, 0.3) is 5.91 Å². The molecule has 0 bridgehead atoms. The maximum absolute atomic E-state index is 12.2. The molecule has 0 radical (unpaired) electrons. The van der Waals surface area contributed by atoms with Crippen LogP contribution in [-0.2, 0) is 4.79 Å². The third kappa shape index (κ3) is 7.70. The topological polar surface area (TPSA) is 76.0 Å². The third-order valence-corrected chi connectivity index (χ3v) is 4.77. The molecule has 2 atom stereocenters. The van der Waals surface area contributed by atoms with Crippen molar-refractivity contribution in [3.8, 4) is 0 Å². The van der Waals surface area contributed by atoms with E-state index in [-0.39, 0.29) is 30.8 Å². The summed E-state index contributed by atoms with van der Waals surface area (Å²) in [6.45, 7) is 10.7. The molecule has 0 spiro atoms. The van der Waals surface area contributed by atoms with E-state index in [2.05, 4.69) is 29.5 Å². The van der Waals surface area contributed by atoms with Crippen LogP contribution in [0.3, 0.4) is 0 Å². The van der Waals surface area contributed by atoms with Crippen LogP contribution in [0.15, 0.2) is 42.6 Å². The van der Waals surface area contributed by atoms with E-state index < -0.39 is 0 Å². The van der Waals surface area contributed by atoms with E-state index in [4.69, 9.17) is 11.6 Å². The molecule has 1 aromatic heterocycles. The SMILES string of the molecule is O=[C-]/C=C/CC1CCCN1.[CH2-]c1ncc(C(=O)Nc2ccccc2Cl)n1[C@H]([CH2-])C.[Li+]. The van der Waals surface area contributed by atoms with Gasteiger partial charge in [0.1, 0.15) is 5.69 Å². The van der Waals surface area contributed by atoms with Crippen LogP contribution in [0.2, 0.25) is 5.02 Å². The van der Waals surface area contributed by atoms with E-state index in [0.29, 0.717) is 28.3 Å². The summed E-state index contributed by atoms with van der Waals surface area (Å²) in [6, 6.07) is 7.51. The second kappa shape index (κ2) is 13.4. The Labute approximate surface area is 195 Å². The van der Waals surface area contributed by atoms with Crippen molar-refractivity contribution in [2.45, 2.75) is 38.3 Å². The molecule has 30 heavy (non-hydrogen) atoms. The molecule has 1 aliphatic heterocycles. The van der Waals surface area contributed by atoms with Crippen LogP contribution in [0.1, 0.15) is 48.5 Å². The quantitative estimate of drug-likeness (QED) is 0.418.